The molecule has 0 bridgehead atoms. The maximum Gasteiger partial charge on any atom is 0.0558 e. The minimum absolute atomic E-state index is 0.257. The second-order valence-electron chi connectivity index (χ2n) is 3.66. The van der Waals surface area contributed by atoms with E-state index in [9.17, 15) is 0 Å². The molecule has 0 saturated heterocycles. The number of methoxy groups -OCH3 is 1. The molecular formula is C11H19NOS. The summed E-state index contributed by atoms with van der Waals surface area (Å²) in [5, 5.41) is 2.11. The summed E-state index contributed by atoms with van der Waals surface area (Å²) in [7, 11) is 1.73. The first-order chi connectivity index (χ1) is 6.72. The summed E-state index contributed by atoms with van der Waals surface area (Å²) >= 11 is 1.80. The van der Waals surface area contributed by atoms with Gasteiger partial charge in [0.15, 0.2) is 0 Å². The summed E-state index contributed by atoms with van der Waals surface area (Å²) in [5.41, 5.74) is 5.99. The van der Waals surface area contributed by atoms with Gasteiger partial charge in [0.1, 0.15) is 0 Å². The van der Waals surface area contributed by atoms with Crippen LogP contribution in [0.4, 0.5) is 0 Å². The van der Waals surface area contributed by atoms with E-state index >= 15 is 0 Å². The van der Waals surface area contributed by atoms with Crippen LogP contribution in [0.5, 0.6) is 0 Å². The third-order valence-corrected chi connectivity index (χ3v) is 3.31. The molecule has 3 heteroatoms. The van der Waals surface area contributed by atoms with E-state index in [2.05, 4.69) is 24.4 Å². The number of nitrogens with two attached hydrogens (primary N) is 1. The molecule has 1 heterocycles. The predicted octanol–water partition coefficient (Wildman–Crippen LogP) is 2.43. The Morgan fingerprint density at radius 2 is 2.36 bits per heavy atom. The Labute approximate surface area is 90.1 Å². The smallest absolute Gasteiger partial charge is 0.0558 e. The van der Waals surface area contributed by atoms with E-state index in [1.807, 2.05) is 0 Å². The van der Waals surface area contributed by atoms with Crippen molar-refractivity contribution < 1.29 is 4.74 Å². The fourth-order valence-corrected chi connectivity index (χ4v) is 2.15. The molecule has 2 nitrogen and oxygen atoms in total. The van der Waals surface area contributed by atoms with Crippen LogP contribution in [0.1, 0.15) is 24.6 Å². The van der Waals surface area contributed by atoms with Crippen LogP contribution in [0.3, 0.4) is 0 Å². The van der Waals surface area contributed by atoms with Gasteiger partial charge in [0.2, 0.25) is 0 Å². The third kappa shape index (κ3) is 4.22. The number of thiophene rings is 1. The molecule has 2 unspecified atom stereocenters. The van der Waals surface area contributed by atoms with Crippen molar-refractivity contribution in [3.63, 3.8) is 0 Å². The first kappa shape index (κ1) is 11.7. The topological polar surface area (TPSA) is 35.2 Å². The maximum atomic E-state index is 5.99. The summed E-state index contributed by atoms with van der Waals surface area (Å²) in [5.74, 6) is 0. The molecule has 2 atom stereocenters. The molecule has 2 N–H and O–H groups in total. The lowest BCUT2D eigenvalue weighted by Crippen LogP contribution is -2.26. The Kier molecular flexibility index (Phi) is 5.15. The number of ether oxygens (including phenoxy) is 1. The quantitative estimate of drug-likeness (QED) is 0.787. The van der Waals surface area contributed by atoms with Crippen LogP contribution >= 0.6 is 11.3 Å². The van der Waals surface area contributed by atoms with Crippen LogP contribution in [0.2, 0.25) is 0 Å². The first-order valence-corrected chi connectivity index (χ1v) is 5.91. The lowest BCUT2D eigenvalue weighted by atomic mass is 10.1. The molecule has 1 aromatic rings. The van der Waals surface area contributed by atoms with Gasteiger partial charge in [0, 0.05) is 18.0 Å². The Bertz CT molecular complexity index is 235. The fraction of sp³-hybridized carbons (Fsp3) is 0.636. The van der Waals surface area contributed by atoms with Crippen LogP contribution in [0.25, 0.3) is 0 Å². The van der Waals surface area contributed by atoms with E-state index in [1.165, 1.54) is 4.88 Å². The largest absolute Gasteiger partial charge is 0.382 e. The molecule has 0 aliphatic carbocycles. The summed E-state index contributed by atoms with van der Waals surface area (Å²) in [6.07, 6.45) is 3.36. The number of hydrogen-bond acceptors (Lipinski definition) is 3. The van der Waals surface area contributed by atoms with Crippen molar-refractivity contribution in [2.24, 2.45) is 5.73 Å². The Hall–Kier alpha value is -0.380. The number of aryl methyl sites for hydroxylation is 1. The van der Waals surface area contributed by atoms with Gasteiger partial charge in [-0.25, -0.2) is 0 Å². The van der Waals surface area contributed by atoms with Crippen LogP contribution in [-0.2, 0) is 11.2 Å². The summed E-state index contributed by atoms with van der Waals surface area (Å²) < 4.78 is 5.18. The highest BCUT2D eigenvalue weighted by Crippen LogP contribution is 2.13. The van der Waals surface area contributed by atoms with Crippen molar-refractivity contribution in [3.8, 4) is 0 Å². The molecule has 1 aromatic heterocycles. The molecule has 0 aliphatic heterocycles. The molecule has 0 amide bonds. The summed E-state index contributed by atoms with van der Waals surface area (Å²) in [6.45, 7) is 2.06. The average Bonchev–Trinajstić information content (AvgIpc) is 2.67. The summed E-state index contributed by atoms with van der Waals surface area (Å²) in [6, 6.07) is 4.51. The Balaban J connectivity index is 2.18. The van der Waals surface area contributed by atoms with Crippen molar-refractivity contribution in [1.29, 1.82) is 0 Å². The van der Waals surface area contributed by atoms with Gasteiger partial charge in [-0.3, -0.25) is 0 Å². The van der Waals surface area contributed by atoms with Crippen LogP contribution in [0, 0.1) is 0 Å². The SMILES string of the molecule is COC(C)CC(N)CCc1cccs1. The Morgan fingerprint density at radius 3 is 2.93 bits per heavy atom. The van der Waals surface area contributed by atoms with E-state index < -0.39 is 0 Å². The molecule has 0 saturated carbocycles. The van der Waals surface area contributed by atoms with Gasteiger partial charge in [-0.2, -0.15) is 0 Å². The molecule has 80 valence electrons. The van der Waals surface area contributed by atoms with Crippen molar-refractivity contribution in [2.45, 2.75) is 38.3 Å². The van der Waals surface area contributed by atoms with E-state index in [-0.39, 0.29) is 12.1 Å². The highest BCUT2D eigenvalue weighted by atomic mass is 32.1. The minimum atomic E-state index is 0.257. The molecule has 1 rings (SSSR count). The van der Waals surface area contributed by atoms with Gasteiger partial charge in [0.25, 0.3) is 0 Å². The van der Waals surface area contributed by atoms with Gasteiger partial charge in [-0.1, -0.05) is 6.07 Å². The number of hydrogen-bond donors (Lipinski definition) is 1. The zero-order chi connectivity index (χ0) is 10.4. The lowest BCUT2D eigenvalue weighted by Gasteiger charge is -2.15. The van der Waals surface area contributed by atoms with Crippen LogP contribution < -0.4 is 5.73 Å². The maximum absolute atomic E-state index is 5.99. The van der Waals surface area contributed by atoms with Crippen LogP contribution in [0.15, 0.2) is 17.5 Å². The third-order valence-electron chi connectivity index (χ3n) is 2.38. The van der Waals surface area contributed by atoms with Crippen LogP contribution in [-0.4, -0.2) is 19.3 Å². The lowest BCUT2D eigenvalue weighted by molar-refractivity contribution is 0.104. The van der Waals surface area contributed by atoms with Crippen molar-refractivity contribution in [2.75, 3.05) is 7.11 Å². The first-order valence-electron chi connectivity index (χ1n) is 5.03. The van der Waals surface area contributed by atoms with Crippen molar-refractivity contribution >= 4 is 11.3 Å². The minimum Gasteiger partial charge on any atom is -0.382 e. The van der Waals surface area contributed by atoms with E-state index in [1.54, 1.807) is 18.4 Å². The highest BCUT2D eigenvalue weighted by molar-refractivity contribution is 7.09. The van der Waals surface area contributed by atoms with Gasteiger partial charge in [-0.05, 0) is 37.6 Å². The molecule has 0 aromatic carbocycles. The van der Waals surface area contributed by atoms with Crippen molar-refractivity contribution in [1.82, 2.24) is 0 Å². The Morgan fingerprint density at radius 1 is 1.57 bits per heavy atom. The number of rotatable bonds is 6. The van der Waals surface area contributed by atoms with Gasteiger partial charge in [0.05, 0.1) is 6.10 Å². The standard InChI is InChI=1S/C11H19NOS/c1-9(13-2)8-10(12)5-6-11-4-3-7-14-11/h3-4,7,9-10H,5-6,8,12H2,1-2H3. The van der Waals surface area contributed by atoms with Gasteiger partial charge >= 0.3 is 0 Å². The molecular weight excluding hydrogens is 194 g/mol. The molecule has 0 spiro atoms. The zero-order valence-electron chi connectivity index (χ0n) is 8.90. The van der Waals surface area contributed by atoms with E-state index in [4.69, 9.17) is 10.5 Å². The van der Waals surface area contributed by atoms with Crippen molar-refractivity contribution in [3.05, 3.63) is 22.4 Å². The second-order valence-corrected chi connectivity index (χ2v) is 4.69. The predicted molar refractivity (Wildman–Crippen MR) is 61.7 cm³/mol. The molecule has 0 aliphatic rings. The summed E-state index contributed by atoms with van der Waals surface area (Å²) in [4.78, 5) is 1.42. The highest BCUT2D eigenvalue weighted by Gasteiger charge is 2.08. The molecule has 0 radical (unpaired) electrons. The van der Waals surface area contributed by atoms with Gasteiger partial charge in [-0.15, -0.1) is 11.3 Å². The zero-order valence-corrected chi connectivity index (χ0v) is 9.72. The normalized spacial score (nSPS) is 15.4. The molecule has 14 heavy (non-hydrogen) atoms. The van der Waals surface area contributed by atoms with E-state index in [0.717, 1.165) is 19.3 Å². The molecule has 0 fully saturated rings. The monoisotopic (exact) mass is 213 g/mol. The second kappa shape index (κ2) is 6.17. The van der Waals surface area contributed by atoms with Gasteiger partial charge < -0.3 is 10.5 Å². The fourth-order valence-electron chi connectivity index (χ4n) is 1.42. The van der Waals surface area contributed by atoms with E-state index in [0.29, 0.717) is 0 Å². The average molecular weight is 213 g/mol.